The Morgan fingerprint density at radius 2 is 2.00 bits per heavy atom. The van der Waals surface area contributed by atoms with E-state index < -0.39 is 6.10 Å². The molecule has 0 unspecified atom stereocenters. The van der Waals surface area contributed by atoms with Crippen LogP contribution in [0.4, 0.5) is 4.39 Å². The molecule has 0 bridgehead atoms. The van der Waals surface area contributed by atoms with Crippen LogP contribution in [0.1, 0.15) is 18.6 Å². The van der Waals surface area contributed by atoms with Gasteiger partial charge in [-0.1, -0.05) is 23.7 Å². The van der Waals surface area contributed by atoms with Gasteiger partial charge in [0.15, 0.2) is 0 Å². The Balaban J connectivity index is 2.24. The van der Waals surface area contributed by atoms with Crippen LogP contribution >= 0.6 is 11.6 Å². The molecular formula is C14H12ClFO2. The third-order valence-electron chi connectivity index (χ3n) is 2.46. The Bertz CT molecular complexity index is 555. The van der Waals surface area contributed by atoms with Gasteiger partial charge in [0.25, 0.3) is 0 Å². The zero-order chi connectivity index (χ0) is 13.1. The second kappa shape index (κ2) is 5.38. The quantitative estimate of drug-likeness (QED) is 0.896. The van der Waals surface area contributed by atoms with Crippen molar-refractivity contribution in [2.45, 2.75) is 13.0 Å². The van der Waals surface area contributed by atoms with Crippen molar-refractivity contribution < 1.29 is 14.2 Å². The molecular weight excluding hydrogens is 255 g/mol. The molecule has 0 aliphatic heterocycles. The lowest BCUT2D eigenvalue weighted by atomic mass is 10.1. The van der Waals surface area contributed by atoms with E-state index in [9.17, 15) is 9.50 Å². The molecule has 2 nitrogen and oxygen atoms in total. The van der Waals surface area contributed by atoms with Crippen LogP contribution in [0.25, 0.3) is 0 Å². The molecule has 0 amide bonds. The average Bonchev–Trinajstić information content (AvgIpc) is 2.31. The number of aliphatic hydroxyl groups excluding tert-OH is 1. The van der Waals surface area contributed by atoms with Crippen LogP contribution in [0.15, 0.2) is 42.5 Å². The van der Waals surface area contributed by atoms with E-state index in [0.29, 0.717) is 22.1 Å². The van der Waals surface area contributed by atoms with Crippen molar-refractivity contribution >= 4 is 11.6 Å². The smallest absolute Gasteiger partial charge is 0.146 e. The number of ether oxygens (including phenoxy) is 1. The van der Waals surface area contributed by atoms with Crippen LogP contribution in [0, 0.1) is 5.82 Å². The van der Waals surface area contributed by atoms with E-state index in [1.165, 1.54) is 12.1 Å². The van der Waals surface area contributed by atoms with Crippen LogP contribution in [0.3, 0.4) is 0 Å². The molecule has 4 heteroatoms. The lowest BCUT2D eigenvalue weighted by Crippen LogP contribution is -1.92. The van der Waals surface area contributed by atoms with Gasteiger partial charge in [-0.15, -0.1) is 0 Å². The van der Waals surface area contributed by atoms with Crippen molar-refractivity contribution in [2.75, 3.05) is 0 Å². The fraction of sp³-hybridized carbons (Fsp3) is 0.143. The number of aliphatic hydroxyl groups is 1. The van der Waals surface area contributed by atoms with E-state index in [1.807, 2.05) is 0 Å². The van der Waals surface area contributed by atoms with Gasteiger partial charge in [-0.05, 0) is 36.8 Å². The van der Waals surface area contributed by atoms with Crippen LogP contribution < -0.4 is 4.74 Å². The molecule has 1 atom stereocenters. The van der Waals surface area contributed by atoms with E-state index in [1.54, 1.807) is 37.3 Å². The number of halogens is 2. The van der Waals surface area contributed by atoms with Crippen molar-refractivity contribution in [3.8, 4) is 11.5 Å². The minimum atomic E-state index is -0.592. The molecule has 2 rings (SSSR count). The summed E-state index contributed by atoms with van der Waals surface area (Å²) in [5.74, 6) is 0.428. The molecule has 94 valence electrons. The van der Waals surface area contributed by atoms with E-state index in [4.69, 9.17) is 16.3 Å². The van der Waals surface area contributed by atoms with Gasteiger partial charge in [-0.2, -0.15) is 0 Å². The first-order chi connectivity index (χ1) is 8.56. The number of hydrogen-bond donors (Lipinski definition) is 1. The Morgan fingerprint density at radius 3 is 2.61 bits per heavy atom. The zero-order valence-electron chi connectivity index (χ0n) is 9.73. The highest BCUT2D eigenvalue weighted by molar-refractivity contribution is 6.32. The van der Waals surface area contributed by atoms with E-state index in [2.05, 4.69) is 0 Å². The third kappa shape index (κ3) is 3.00. The van der Waals surface area contributed by atoms with Gasteiger partial charge in [0.2, 0.25) is 0 Å². The molecule has 0 heterocycles. The van der Waals surface area contributed by atoms with Crippen molar-refractivity contribution in [1.82, 2.24) is 0 Å². The standard InChI is InChI=1S/C14H12ClFO2/c1-9(17)10-5-6-14(13(15)7-10)18-12-4-2-3-11(16)8-12/h2-9,17H,1H3/t9-/m1/s1. The van der Waals surface area contributed by atoms with Gasteiger partial charge in [0.05, 0.1) is 11.1 Å². The molecule has 0 fully saturated rings. The fourth-order valence-electron chi connectivity index (χ4n) is 1.52. The molecule has 2 aromatic carbocycles. The van der Waals surface area contributed by atoms with Crippen LogP contribution in [0.2, 0.25) is 5.02 Å². The lowest BCUT2D eigenvalue weighted by molar-refractivity contribution is 0.199. The molecule has 0 aliphatic carbocycles. The Morgan fingerprint density at radius 1 is 1.22 bits per heavy atom. The SMILES string of the molecule is C[C@@H](O)c1ccc(Oc2cccc(F)c2)c(Cl)c1. The summed E-state index contributed by atoms with van der Waals surface area (Å²) in [5.41, 5.74) is 0.701. The molecule has 0 aromatic heterocycles. The van der Waals surface area contributed by atoms with Crippen molar-refractivity contribution in [3.05, 3.63) is 58.9 Å². The molecule has 0 aliphatic rings. The first kappa shape index (κ1) is 12.9. The minimum Gasteiger partial charge on any atom is -0.456 e. The van der Waals surface area contributed by atoms with E-state index >= 15 is 0 Å². The van der Waals surface area contributed by atoms with Gasteiger partial charge in [0, 0.05) is 6.07 Å². The van der Waals surface area contributed by atoms with Crippen LogP contribution in [-0.2, 0) is 0 Å². The monoisotopic (exact) mass is 266 g/mol. The minimum absolute atomic E-state index is 0.371. The summed E-state index contributed by atoms with van der Waals surface area (Å²) >= 11 is 6.03. The highest BCUT2D eigenvalue weighted by atomic mass is 35.5. The van der Waals surface area contributed by atoms with Crippen LogP contribution in [0.5, 0.6) is 11.5 Å². The fourth-order valence-corrected chi connectivity index (χ4v) is 1.74. The van der Waals surface area contributed by atoms with Gasteiger partial charge in [-0.25, -0.2) is 4.39 Å². The normalized spacial score (nSPS) is 12.2. The first-order valence-electron chi connectivity index (χ1n) is 5.47. The van der Waals surface area contributed by atoms with Gasteiger partial charge < -0.3 is 9.84 Å². The molecule has 0 saturated carbocycles. The Hall–Kier alpha value is -1.58. The summed E-state index contributed by atoms with van der Waals surface area (Å²) < 4.78 is 18.5. The molecule has 1 N–H and O–H groups in total. The van der Waals surface area contributed by atoms with Crippen molar-refractivity contribution in [1.29, 1.82) is 0 Å². The van der Waals surface area contributed by atoms with Gasteiger partial charge in [0.1, 0.15) is 17.3 Å². The van der Waals surface area contributed by atoms with Gasteiger partial charge in [-0.3, -0.25) is 0 Å². The van der Waals surface area contributed by atoms with Crippen molar-refractivity contribution in [2.24, 2.45) is 0 Å². The topological polar surface area (TPSA) is 29.5 Å². The highest BCUT2D eigenvalue weighted by Gasteiger charge is 2.07. The lowest BCUT2D eigenvalue weighted by Gasteiger charge is -2.10. The Kier molecular flexibility index (Phi) is 3.84. The molecule has 0 saturated heterocycles. The van der Waals surface area contributed by atoms with Gasteiger partial charge >= 0.3 is 0 Å². The van der Waals surface area contributed by atoms with Crippen LogP contribution in [-0.4, -0.2) is 5.11 Å². The number of hydrogen-bond acceptors (Lipinski definition) is 2. The largest absolute Gasteiger partial charge is 0.456 e. The maximum absolute atomic E-state index is 13.0. The average molecular weight is 267 g/mol. The van der Waals surface area contributed by atoms with Crippen molar-refractivity contribution in [3.63, 3.8) is 0 Å². The summed E-state index contributed by atoms with van der Waals surface area (Å²) in [5, 5.41) is 9.79. The molecule has 2 aromatic rings. The molecule has 0 radical (unpaired) electrons. The van der Waals surface area contributed by atoms with E-state index in [-0.39, 0.29) is 5.82 Å². The predicted molar refractivity (Wildman–Crippen MR) is 68.6 cm³/mol. The zero-order valence-corrected chi connectivity index (χ0v) is 10.5. The first-order valence-corrected chi connectivity index (χ1v) is 5.85. The Labute approximate surface area is 110 Å². The third-order valence-corrected chi connectivity index (χ3v) is 2.76. The summed E-state index contributed by atoms with van der Waals surface area (Å²) in [6, 6.07) is 10.8. The number of benzene rings is 2. The maximum Gasteiger partial charge on any atom is 0.146 e. The van der Waals surface area contributed by atoms with E-state index in [0.717, 1.165) is 0 Å². The summed E-state index contributed by atoms with van der Waals surface area (Å²) in [6.45, 7) is 1.65. The highest BCUT2D eigenvalue weighted by Crippen LogP contribution is 2.31. The summed E-state index contributed by atoms with van der Waals surface area (Å²) in [6.07, 6.45) is -0.592. The predicted octanol–water partition coefficient (Wildman–Crippen LogP) is 4.32. The molecule has 0 spiro atoms. The molecule has 18 heavy (non-hydrogen) atoms. The summed E-state index contributed by atoms with van der Waals surface area (Å²) in [7, 11) is 0. The summed E-state index contributed by atoms with van der Waals surface area (Å²) in [4.78, 5) is 0. The second-order valence-corrected chi connectivity index (χ2v) is 4.33. The number of rotatable bonds is 3. The maximum atomic E-state index is 13.0. The second-order valence-electron chi connectivity index (χ2n) is 3.93.